The van der Waals surface area contributed by atoms with E-state index in [0.29, 0.717) is 6.10 Å². The average molecular weight is 343 g/mol. The highest BCUT2D eigenvalue weighted by atomic mass is 16.5. The summed E-state index contributed by atoms with van der Waals surface area (Å²) in [6.07, 6.45) is 12.1. The SMILES string of the molecule is COc1cc([C@H](C)NC(=O)[C@@H]2CC=CCC2)ccc1OC1CCCC1. The lowest BCUT2D eigenvalue weighted by Crippen LogP contribution is -2.33. The molecular weight excluding hydrogens is 314 g/mol. The van der Waals surface area contributed by atoms with Crippen LogP contribution in [0.3, 0.4) is 0 Å². The second-order valence-corrected chi connectivity index (χ2v) is 7.15. The number of carbonyl (C=O) groups excluding carboxylic acids is 1. The molecule has 2 aliphatic rings. The highest BCUT2D eigenvalue weighted by molar-refractivity contribution is 5.79. The maximum Gasteiger partial charge on any atom is 0.223 e. The number of methoxy groups -OCH3 is 1. The number of hydrogen-bond donors (Lipinski definition) is 1. The number of amides is 1. The van der Waals surface area contributed by atoms with Crippen LogP contribution in [0.5, 0.6) is 11.5 Å². The summed E-state index contributed by atoms with van der Waals surface area (Å²) < 4.78 is 11.6. The molecule has 2 atom stereocenters. The van der Waals surface area contributed by atoms with Crippen molar-refractivity contribution in [2.75, 3.05) is 7.11 Å². The first-order valence-electron chi connectivity index (χ1n) is 9.47. The smallest absolute Gasteiger partial charge is 0.223 e. The van der Waals surface area contributed by atoms with E-state index in [1.807, 2.05) is 25.1 Å². The van der Waals surface area contributed by atoms with Crippen molar-refractivity contribution in [3.05, 3.63) is 35.9 Å². The second-order valence-electron chi connectivity index (χ2n) is 7.15. The summed E-state index contributed by atoms with van der Waals surface area (Å²) in [5.41, 5.74) is 1.04. The molecular formula is C21H29NO3. The Labute approximate surface area is 150 Å². The lowest BCUT2D eigenvalue weighted by atomic mass is 9.93. The molecule has 4 heteroatoms. The van der Waals surface area contributed by atoms with E-state index >= 15 is 0 Å². The summed E-state index contributed by atoms with van der Waals surface area (Å²) >= 11 is 0. The predicted octanol–water partition coefficient (Wildman–Crippen LogP) is 4.55. The number of rotatable bonds is 6. The normalized spacial score (nSPS) is 21.8. The zero-order valence-electron chi connectivity index (χ0n) is 15.3. The van der Waals surface area contributed by atoms with Gasteiger partial charge in [0, 0.05) is 5.92 Å². The molecule has 1 fully saturated rings. The highest BCUT2D eigenvalue weighted by Gasteiger charge is 2.22. The number of carbonyl (C=O) groups is 1. The lowest BCUT2D eigenvalue weighted by molar-refractivity contribution is -0.125. The van der Waals surface area contributed by atoms with E-state index in [-0.39, 0.29) is 17.9 Å². The maximum atomic E-state index is 12.4. The molecule has 0 unspecified atom stereocenters. The monoisotopic (exact) mass is 343 g/mol. The van der Waals surface area contributed by atoms with Gasteiger partial charge in [-0.3, -0.25) is 4.79 Å². The van der Waals surface area contributed by atoms with Gasteiger partial charge in [-0.25, -0.2) is 0 Å². The van der Waals surface area contributed by atoms with Crippen molar-refractivity contribution in [3.63, 3.8) is 0 Å². The fourth-order valence-corrected chi connectivity index (χ4v) is 3.68. The van der Waals surface area contributed by atoms with Crippen molar-refractivity contribution in [2.24, 2.45) is 5.92 Å². The first-order valence-corrected chi connectivity index (χ1v) is 9.47. The third kappa shape index (κ3) is 4.56. The Morgan fingerprint density at radius 1 is 1.16 bits per heavy atom. The molecule has 25 heavy (non-hydrogen) atoms. The minimum atomic E-state index is -0.0483. The van der Waals surface area contributed by atoms with E-state index in [0.717, 1.165) is 49.2 Å². The first-order chi connectivity index (χ1) is 12.2. The van der Waals surface area contributed by atoms with Gasteiger partial charge in [-0.1, -0.05) is 18.2 Å². The van der Waals surface area contributed by atoms with Crippen LogP contribution in [-0.2, 0) is 4.79 Å². The fraction of sp³-hybridized carbons (Fsp3) is 0.571. The summed E-state index contributed by atoms with van der Waals surface area (Å²) in [6.45, 7) is 2.02. The molecule has 3 rings (SSSR count). The van der Waals surface area contributed by atoms with E-state index < -0.39 is 0 Å². The first kappa shape index (κ1) is 17.8. The van der Waals surface area contributed by atoms with Gasteiger partial charge in [0.1, 0.15) is 0 Å². The number of nitrogens with one attached hydrogen (secondary N) is 1. The van der Waals surface area contributed by atoms with E-state index in [1.165, 1.54) is 12.8 Å². The van der Waals surface area contributed by atoms with E-state index in [1.54, 1.807) is 7.11 Å². The van der Waals surface area contributed by atoms with Crippen LogP contribution in [0, 0.1) is 5.92 Å². The summed E-state index contributed by atoms with van der Waals surface area (Å²) in [7, 11) is 1.66. The molecule has 1 amide bonds. The standard InChI is InChI=1S/C21H29NO3/c1-15(22-21(23)16-8-4-3-5-9-16)17-12-13-19(20(14-17)24-2)25-18-10-6-7-11-18/h3-4,12-16,18H,5-11H2,1-2H3,(H,22,23)/t15-,16+/m0/s1. The number of ether oxygens (including phenoxy) is 2. The third-order valence-corrected chi connectivity index (χ3v) is 5.28. The van der Waals surface area contributed by atoms with Gasteiger partial charge in [0.05, 0.1) is 19.3 Å². The van der Waals surface area contributed by atoms with Gasteiger partial charge in [-0.15, -0.1) is 0 Å². The van der Waals surface area contributed by atoms with Gasteiger partial charge in [-0.05, 0) is 69.6 Å². The molecule has 1 N–H and O–H groups in total. The zero-order chi connectivity index (χ0) is 17.6. The van der Waals surface area contributed by atoms with Crippen molar-refractivity contribution in [3.8, 4) is 11.5 Å². The molecule has 2 aliphatic carbocycles. The fourth-order valence-electron chi connectivity index (χ4n) is 3.68. The van der Waals surface area contributed by atoms with E-state index in [4.69, 9.17) is 9.47 Å². The Kier molecular flexibility index (Phi) is 6.00. The molecule has 0 saturated heterocycles. The van der Waals surface area contributed by atoms with Gasteiger partial charge < -0.3 is 14.8 Å². The maximum absolute atomic E-state index is 12.4. The van der Waals surface area contributed by atoms with Crippen LogP contribution in [0.1, 0.15) is 63.5 Å². The van der Waals surface area contributed by atoms with Crippen LogP contribution >= 0.6 is 0 Å². The van der Waals surface area contributed by atoms with Crippen molar-refractivity contribution in [1.29, 1.82) is 0 Å². The summed E-state index contributed by atoms with van der Waals surface area (Å²) in [5.74, 6) is 1.78. The minimum Gasteiger partial charge on any atom is -0.493 e. The molecule has 136 valence electrons. The Balaban J connectivity index is 1.64. The van der Waals surface area contributed by atoms with Gasteiger partial charge >= 0.3 is 0 Å². The Bertz CT molecular complexity index is 620. The van der Waals surface area contributed by atoms with Crippen LogP contribution in [0.25, 0.3) is 0 Å². The van der Waals surface area contributed by atoms with Crippen molar-refractivity contribution in [1.82, 2.24) is 5.32 Å². The Morgan fingerprint density at radius 2 is 1.96 bits per heavy atom. The predicted molar refractivity (Wildman–Crippen MR) is 98.9 cm³/mol. The summed E-state index contributed by atoms with van der Waals surface area (Å²) in [4.78, 5) is 12.4. The topological polar surface area (TPSA) is 47.6 Å². The highest BCUT2D eigenvalue weighted by Crippen LogP contribution is 2.34. The average Bonchev–Trinajstić information content (AvgIpc) is 3.15. The molecule has 1 aromatic rings. The van der Waals surface area contributed by atoms with Crippen molar-refractivity contribution in [2.45, 2.75) is 64.0 Å². The molecule has 0 heterocycles. The zero-order valence-corrected chi connectivity index (χ0v) is 15.3. The van der Waals surface area contributed by atoms with E-state index in [2.05, 4.69) is 17.5 Å². The van der Waals surface area contributed by atoms with Crippen LogP contribution in [-0.4, -0.2) is 19.1 Å². The van der Waals surface area contributed by atoms with Crippen molar-refractivity contribution >= 4 is 5.91 Å². The lowest BCUT2D eigenvalue weighted by Gasteiger charge is -2.22. The number of allylic oxidation sites excluding steroid dienone is 2. The number of benzene rings is 1. The summed E-state index contributed by atoms with van der Waals surface area (Å²) in [5, 5.41) is 3.14. The molecule has 0 aromatic heterocycles. The van der Waals surface area contributed by atoms with Gasteiger partial charge in [-0.2, -0.15) is 0 Å². The largest absolute Gasteiger partial charge is 0.493 e. The number of hydrogen-bond acceptors (Lipinski definition) is 3. The quantitative estimate of drug-likeness (QED) is 0.771. The molecule has 0 bridgehead atoms. The van der Waals surface area contributed by atoms with Crippen molar-refractivity contribution < 1.29 is 14.3 Å². The van der Waals surface area contributed by atoms with Crippen LogP contribution in [0.2, 0.25) is 0 Å². The molecule has 0 spiro atoms. The van der Waals surface area contributed by atoms with Crippen LogP contribution < -0.4 is 14.8 Å². The van der Waals surface area contributed by atoms with Gasteiger partial charge in [0.25, 0.3) is 0 Å². The Morgan fingerprint density at radius 3 is 2.64 bits per heavy atom. The third-order valence-electron chi connectivity index (χ3n) is 5.28. The van der Waals surface area contributed by atoms with Gasteiger partial charge in [0.15, 0.2) is 11.5 Å². The van der Waals surface area contributed by atoms with Gasteiger partial charge in [0.2, 0.25) is 5.91 Å². The molecule has 0 radical (unpaired) electrons. The molecule has 1 aromatic carbocycles. The molecule has 1 saturated carbocycles. The second kappa shape index (κ2) is 8.41. The van der Waals surface area contributed by atoms with Crippen LogP contribution in [0.4, 0.5) is 0 Å². The summed E-state index contributed by atoms with van der Waals surface area (Å²) in [6, 6.07) is 5.93. The molecule has 4 nitrogen and oxygen atoms in total. The van der Waals surface area contributed by atoms with E-state index in [9.17, 15) is 4.79 Å². The van der Waals surface area contributed by atoms with Crippen LogP contribution in [0.15, 0.2) is 30.4 Å². The molecule has 0 aliphatic heterocycles. The Hall–Kier alpha value is -1.97. The minimum absolute atomic E-state index is 0.0483.